The van der Waals surface area contributed by atoms with Gasteiger partial charge in [-0.05, 0) is 72.6 Å². The number of benzene rings is 2. The SMILES string of the molecule is COc1cc([C@H]2c3sc(=O)[nH]c3SC3C4CC(C5C(=O)N(CCCC(=O)O)C(=O)C45)C32)ccc1OCC(=O)Nc1ccc(S(N)(=O)=O)cc1. The molecule has 3 amide bonds. The number of fused-ring (bicyclic) bond motifs is 9. The van der Waals surface area contributed by atoms with Gasteiger partial charge in [-0.15, -0.1) is 11.8 Å². The summed E-state index contributed by atoms with van der Waals surface area (Å²) in [5.74, 6) is -2.68. The van der Waals surface area contributed by atoms with Gasteiger partial charge in [-0.2, -0.15) is 0 Å². The van der Waals surface area contributed by atoms with Gasteiger partial charge in [-0.25, -0.2) is 13.6 Å². The third-order valence-corrected chi connectivity index (χ3v) is 13.5. The van der Waals surface area contributed by atoms with Crippen LogP contribution in [-0.2, 0) is 29.2 Å². The molecule has 7 atom stereocenters. The first-order valence-electron chi connectivity index (χ1n) is 15.6. The zero-order valence-electron chi connectivity index (χ0n) is 26.0. The van der Waals surface area contributed by atoms with Crippen LogP contribution in [0.2, 0.25) is 0 Å². The lowest BCUT2D eigenvalue weighted by Crippen LogP contribution is -2.42. The molecule has 2 aromatic carbocycles. The molecule has 2 bridgehead atoms. The lowest BCUT2D eigenvalue weighted by Gasteiger charge is -2.43. The number of thiazole rings is 1. The maximum Gasteiger partial charge on any atom is 0.305 e. The number of aromatic amines is 1. The average Bonchev–Trinajstić information content (AvgIpc) is 3.79. The maximum atomic E-state index is 13.7. The molecule has 0 radical (unpaired) electrons. The number of carboxylic acid groups (broad SMARTS) is 1. The Morgan fingerprint density at radius 2 is 1.78 bits per heavy atom. The molecule has 14 nitrogen and oxygen atoms in total. The van der Waals surface area contributed by atoms with Gasteiger partial charge in [0.1, 0.15) is 0 Å². The number of aliphatic carboxylic acids is 1. The van der Waals surface area contributed by atoms with Gasteiger partial charge in [0, 0.05) is 34.7 Å². The fourth-order valence-corrected chi connectivity index (χ4v) is 11.5. The molecule has 0 spiro atoms. The number of sulfonamides is 1. The molecule has 7 rings (SSSR count). The highest BCUT2D eigenvalue weighted by molar-refractivity contribution is 8.00. The van der Waals surface area contributed by atoms with Crippen LogP contribution in [0.15, 0.2) is 57.2 Å². The number of aromatic nitrogens is 1. The van der Waals surface area contributed by atoms with Crippen molar-refractivity contribution in [2.45, 2.75) is 40.4 Å². The van der Waals surface area contributed by atoms with Crippen LogP contribution < -0.4 is 24.8 Å². The second-order valence-electron chi connectivity index (χ2n) is 12.6. The maximum absolute atomic E-state index is 13.7. The van der Waals surface area contributed by atoms with E-state index in [4.69, 9.17) is 19.7 Å². The van der Waals surface area contributed by atoms with E-state index in [1.54, 1.807) is 17.8 Å². The van der Waals surface area contributed by atoms with Crippen molar-refractivity contribution in [2.75, 3.05) is 25.6 Å². The van der Waals surface area contributed by atoms with E-state index in [9.17, 15) is 32.4 Å². The Labute approximate surface area is 288 Å². The highest BCUT2D eigenvalue weighted by Gasteiger charge is 2.69. The number of nitrogens with zero attached hydrogens (tertiary/aromatic N) is 1. The van der Waals surface area contributed by atoms with E-state index in [0.29, 0.717) is 23.6 Å². The van der Waals surface area contributed by atoms with Crippen LogP contribution >= 0.6 is 23.1 Å². The second kappa shape index (κ2) is 12.6. The zero-order valence-corrected chi connectivity index (χ0v) is 28.4. The number of rotatable bonds is 11. The van der Waals surface area contributed by atoms with Gasteiger partial charge in [0.25, 0.3) is 5.91 Å². The molecule has 4 aliphatic rings. The standard InChI is InChI=1S/C32H32N4O10S3/c1-45-20-11-14(4-9-19(20)46-13-21(37)34-15-5-7-16(8-6-15)49(33,43)44)23-24-17-12-18(27(24)47-29-28(23)48-32(42)35-29)26-25(17)30(40)36(31(26)41)10-2-3-22(38)39/h4-9,11,17-18,23-27H,2-3,10,12-13H2,1H3,(H,34,37)(H,35,42)(H,38,39)(H2,33,43,44)/t17?,18?,23-,24?,25?,26?,27?/m1/s1. The highest BCUT2D eigenvalue weighted by Crippen LogP contribution is 2.68. The second-order valence-corrected chi connectivity index (χ2v) is 16.4. The molecule has 6 unspecified atom stereocenters. The topological polar surface area (TPSA) is 215 Å². The van der Waals surface area contributed by atoms with Crippen LogP contribution in [0, 0.1) is 29.6 Å². The summed E-state index contributed by atoms with van der Waals surface area (Å²) in [6.07, 6.45) is 0.792. The number of ether oxygens (including phenoxy) is 2. The predicted octanol–water partition coefficient (Wildman–Crippen LogP) is 2.45. The Kier molecular flexibility index (Phi) is 8.57. The van der Waals surface area contributed by atoms with Crippen molar-refractivity contribution in [3.05, 3.63) is 62.6 Å². The Morgan fingerprint density at radius 1 is 1.06 bits per heavy atom. The zero-order chi connectivity index (χ0) is 34.8. The Bertz CT molecular complexity index is 2030. The lowest BCUT2D eigenvalue weighted by atomic mass is 9.68. The molecular weight excluding hydrogens is 697 g/mol. The number of imide groups is 1. The summed E-state index contributed by atoms with van der Waals surface area (Å²) in [7, 11) is -2.39. The molecule has 1 aromatic heterocycles. The molecule has 2 saturated carbocycles. The number of nitrogens with two attached hydrogens (primary N) is 1. The van der Waals surface area contributed by atoms with Crippen LogP contribution in [0.5, 0.6) is 11.5 Å². The summed E-state index contributed by atoms with van der Waals surface area (Å²) in [6, 6.07) is 10.8. The summed E-state index contributed by atoms with van der Waals surface area (Å²) < 4.78 is 34.4. The smallest absolute Gasteiger partial charge is 0.305 e. The van der Waals surface area contributed by atoms with E-state index in [-0.39, 0.29) is 76.5 Å². The number of H-pyrrole nitrogens is 1. The number of carbonyl (C=O) groups is 4. The van der Waals surface area contributed by atoms with Crippen molar-refractivity contribution >= 4 is 62.5 Å². The molecule has 2 aliphatic heterocycles. The Morgan fingerprint density at radius 3 is 2.45 bits per heavy atom. The van der Waals surface area contributed by atoms with Crippen molar-refractivity contribution < 1.29 is 42.2 Å². The molecule has 17 heteroatoms. The number of likely N-dealkylation sites (tertiary alicyclic amines) is 1. The number of anilines is 1. The first-order valence-corrected chi connectivity index (χ1v) is 18.8. The van der Waals surface area contributed by atoms with Gasteiger partial charge in [0.15, 0.2) is 18.1 Å². The Hall–Kier alpha value is -4.19. The van der Waals surface area contributed by atoms with Crippen molar-refractivity contribution in [2.24, 2.45) is 34.7 Å². The molecule has 3 fully saturated rings. The number of hydrogen-bond donors (Lipinski definition) is 4. The number of methoxy groups -OCH3 is 1. The number of carbonyl (C=O) groups excluding carboxylic acids is 3. The fourth-order valence-electron chi connectivity index (χ4n) is 8.13. The van der Waals surface area contributed by atoms with Gasteiger partial charge in [-0.1, -0.05) is 17.4 Å². The number of nitrogens with one attached hydrogen (secondary N) is 2. The van der Waals surface area contributed by atoms with Crippen LogP contribution in [-0.4, -0.2) is 72.6 Å². The quantitative estimate of drug-likeness (QED) is 0.210. The summed E-state index contributed by atoms with van der Waals surface area (Å²) in [5.41, 5.74) is 1.20. The third-order valence-electron chi connectivity index (χ3n) is 9.96. The van der Waals surface area contributed by atoms with E-state index in [1.165, 1.54) is 36.3 Å². The minimum absolute atomic E-state index is 0.0191. The van der Waals surface area contributed by atoms with Crippen LogP contribution in [0.25, 0.3) is 0 Å². The molecule has 3 heterocycles. The summed E-state index contributed by atoms with van der Waals surface area (Å²) in [5, 5.41) is 17.6. The predicted molar refractivity (Wildman–Crippen MR) is 177 cm³/mol. The van der Waals surface area contributed by atoms with Crippen molar-refractivity contribution in [3.63, 3.8) is 0 Å². The molecule has 2 aliphatic carbocycles. The van der Waals surface area contributed by atoms with Gasteiger partial charge in [0.05, 0.1) is 28.9 Å². The minimum atomic E-state index is -3.87. The number of hydrogen-bond acceptors (Lipinski definition) is 11. The summed E-state index contributed by atoms with van der Waals surface area (Å²) in [4.78, 5) is 68.3. The average molecular weight is 729 g/mol. The molecule has 1 saturated heterocycles. The third kappa shape index (κ3) is 5.91. The normalized spacial score (nSPS) is 26.7. The molecule has 5 N–H and O–H groups in total. The largest absolute Gasteiger partial charge is 0.493 e. The van der Waals surface area contributed by atoms with Crippen molar-refractivity contribution in [1.29, 1.82) is 0 Å². The summed E-state index contributed by atoms with van der Waals surface area (Å²) in [6.45, 7) is -0.280. The number of thioether (sulfide) groups is 1. The van der Waals surface area contributed by atoms with Crippen LogP contribution in [0.4, 0.5) is 5.69 Å². The Balaban J connectivity index is 1.12. The van der Waals surface area contributed by atoms with Crippen molar-refractivity contribution in [1.82, 2.24) is 9.88 Å². The van der Waals surface area contributed by atoms with Gasteiger partial charge in [-0.3, -0.25) is 28.9 Å². The molecular formula is C32H32N4O10S3. The van der Waals surface area contributed by atoms with E-state index >= 15 is 0 Å². The molecule has 49 heavy (non-hydrogen) atoms. The minimum Gasteiger partial charge on any atom is -0.493 e. The van der Waals surface area contributed by atoms with Crippen LogP contribution in [0.1, 0.15) is 35.6 Å². The van der Waals surface area contributed by atoms with E-state index in [2.05, 4.69) is 10.3 Å². The fraction of sp³-hybridized carbons (Fsp3) is 0.406. The number of amides is 3. The van der Waals surface area contributed by atoms with Crippen LogP contribution in [0.3, 0.4) is 0 Å². The molecule has 258 valence electrons. The number of primary sulfonamides is 1. The first-order chi connectivity index (χ1) is 23.3. The monoisotopic (exact) mass is 728 g/mol. The van der Waals surface area contributed by atoms with Crippen molar-refractivity contribution in [3.8, 4) is 11.5 Å². The number of carboxylic acids is 1. The van der Waals surface area contributed by atoms with E-state index in [1.807, 2.05) is 12.1 Å². The first kappa shape index (κ1) is 33.3. The van der Waals surface area contributed by atoms with E-state index < -0.39 is 33.7 Å². The van der Waals surface area contributed by atoms with Gasteiger partial charge in [0.2, 0.25) is 21.8 Å². The van der Waals surface area contributed by atoms with Gasteiger partial charge < -0.3 is 24.9 Å². The van der Waals surface area contributed by atoms with Gasteiger partial charge >= 0.3 is 10.8 Å². The highest BCUT2D eigenvalue weighted by atomic mass is 32.2. The molecule has 3 aromatic rings. The summed E-state index contributed by atoms with van der Waals surface area (Å²) >= 11 is 2.70. The van der Waals surface area contributed by atoms with E-state index in [0.717, 1.165) is 26.8 Å². The lowest BCUT2D eigenvalue weighted by molar-refractivity contribution is -0.142.